The van der Waals surface area contributed by atoms with Gasteiger partial charge in [0.1, 0.15) is 0 Å². The van der Waals surface area contributed by atoms with E-state index in [0.717, 1.165) is 12.0 Å². The summed E-state index contributed by atoms with van der Waals surface area (Å²) in [6, 6.07) is 5.36. The molecule has 1 aromatic carbocycles. The third kappa shape index (κ3) is 2.94. The Labute approximate surface area is 106 Å². The summed E-state index contributed by atoms with van der Waals surface area (Å²) in [5, 5.41) is 4.11. The Morgan fingerprint density at radius 2 is 2.17 bits per heavy atom. The second-order valence-corrected chi connectivity index (χ2v) is 4.03. The first-order valence-electron chi connectivity index (χ1n) is 5.73. The van der Waals surface area contributed by atoms with Crippen LogP contribution in [-0.4, -0.2) is 23.5 Å². The van der Waals surface area contributed by atoms with Crippen LogP contribution in [0, 0.1) is 0 Å². The van der Waals surface area contributed by atoms with Crippen LogP contribution in [-0.2, 0) is 13.5 Å². The van der Waals surface area contributed by atoms with E-state index < -0.39 is 0 Å². The van der Waals surface area contributed by atoms with E-state index in [9.17, 15) is 0 Å². The van der Waals surface area contributed by atoms with E-state index >= 15 is 0 Å². The molecule has 0 radical (unpaired) electrons. The lowest BCUT2D eigenvalue weighted by atomic mass is 10.2. The minimum atomic E-state index is 0.575. The molecular weight excluding hydrogens is 230 g/mol. The molecule has 0 amide bonds. The van der Waals surface area contributed by atoms with Crippen LogP contribution >= 0.6 is 0 Å². The van der Waals surface area contributed by atoms with Crippen LogP contribution in [0.3, 0.4) is 0 Å². The normalized spacial score (nSPS) is 10.3. The van der Waals surface area contributed by atoms with Crippen molar-refractivity contribution in [2.24, 2.45) is 7.05 Å². The molecule has 2 rings (SSSR count). The number of nitrogens with zero attached hydrogens (tertiary/aromatic N) is 2. The van der Waals surface area contributed by atoms with Gasteiger partial charge in [-0.05, 0) is 17.7 Å². The molecule has 0 atom stereocenters. The van der Waals surface area contributed by atoms with Gasteiger partial charge in [0.25, 0.3) is 0 Å². The van der Waals surface area contributed by atoms with Crippen LogP contribution in [0.2, 0.25) is 0 Å². The third-order valence-electron chi connectivity index (χ3n) is 2.59. The maximum Gasteiger partial charge on any atom is 0.162 e. The summed E-state index contributed by atoms with van der Waals surface area (Å²) in [6.07, 6.45) is 4.62. The molecule has 0 aliphatic rings. The van der Waals surface area contributed by atoms with Gasteiger partial charge in [-0.3, -0.25) is 4.68 Å². The molecular formula is C13H17N3O2. The summed E-state index contributed by atoms with van der Waals surface area (Å²) >= 11 is 0. The van der Waals surface area contributed by atoms with Gasteiger partial charge in [-0.2, -0.15) is 5.10 Å². The van der Waals surface area contributed by atoms with E-state index in [4.69, 9.17) is 15.2 Å². The molecule has 0 spiro atoms. The Kier molecular flexibility index (Phi) is 3.72. The van der Waals surface area contributed by atoms with Crippen LogP contribution < -0.4 is 15.2 Å². The number of ether oxygens (including phenoxy) is 2. The molecule has 18 heavy (non-hydrogen) atoms. The molecule has 2 N–H and O–H groups in total. The standard InChI is InChI=1S/C13H17N3O2/c1-16-9-10(8-15-16)5-6-18-12-4-3-11(14)7-13(12)17-2/h3-4,7-9H,5-6,14H2,1-2H3. The molecule has 0 bridgehead atoms. The molecule has 2 aromatic rings. The van der Waals surface area contributed by atoms with E-state index in [1.165, 1.54) is 0 Å². The van der Waals surface area contributed by atoms with Gasteiger partial charge in [0.05, 0.1) is 19.9 Å². The van der Waals surface area contributed by atoms with Crippen molar-refractivity contribution in [3.8, 4) is 11.5 Å². The first-order valence-corrected chi connectivity index (χ1v) is 5.73. The Hall–Kier alpha value is -2.17. The number of benzene rings is 1. The van der Waals surface area contributed by atoms with E-state index in [2.05, 4.69) is 5.10 Å². The largest absolute Gasteiger partial charge is 0.493 e. The third-order valence-corrected chi connectivity index (χ3v) is 2.59. The molecule has 0 saturated heterocycles. The number of hydrogen-bond acceptors (Lipinski definition) is 4. The maximum absolute atomic E-state index is 5.68. The average molecular weight is 247 g/mol. The van der Waals surface area contributed by atoms with Gasteiger partial charge in [-0.15, -0.1) is 0 Å². The van der Waals surface area contributed by atoms with E-state index in [0.29, 0.717) is 23.8 Å². The second-order valence-electron chi connectivity index (χ2n) is 4.03. The van der Waals surface area contributed by atoms with Crippen molar-refractivity contribution in [3.63, 3.8) is 0 Å². The Morgan fingerprint density at radius 1 is 1.33 bits per heavy atom. The molecule has 5 heteroatoms. The van der Waals surface area contributed by atoms with E-state index in [1.807, 2.05) is 25.5 Å². The van der Waals surface area contributed by atoms with Crippen LogP contribution in [0.15, 0.2) is 30.6 Å². The van der Waals surface area contributed by atoms with Crippen LogP contribution in [0.4, 0.5) is 5.69 Å². The quantitative estimate of drug-likeness (QED) is 0.816. The lowest BCUT2D eigenvalue weighted by molar-refractivity contribution is 0.298. The molecule has 5 nitrogen and oxygen atoms in total. The number of nitrogen functional groups attached to an aromatic ring is 1. The predicted molar refractivity (Wildman–Crippen MR) is 69.8 cm³/mol. The Balaban J connectivity index is 1.94. The highest BCUT2D eigenvalue weighted by Crippen LogP contribution is 2.28. The van der Waals surface area contributed by atoms with Gasteiger partial charge in [0.15, 0.2) is 11.5 Å². The lowest BCUT2D eigenvalue weighted by Crippen LogP contribution is -2.02. The Bertz CT molecular complexity index is 523. The van der Waals surface area contributed by atoms with Crippen molar-refractivity contribution >= 4 is 5.69 Å². The topological polar surface area (TPSA) is 62.3 Å². The van der Waals surface area contributed by atoms with Gasteiger partial charge >= 0.3 is 0 Å². The SMILES string of the molecule is COc1cc(N)ccc1OCCc1cnn(C)c1. The highest BCUT2D eigenvalue weighted by Gasteiger charge is 2.05. The zero-order chi connectivity index (χ0) is 13.0. The van der Waals surface area contributed by atoms with Crippen molar-refractivity contribution in [1.29, 1.82) is 0 Å². The number of aromatic nitrogens is 2. The van der Waals surface area contributed by atoms with E-state index in [-0.39, 0.29) is 0 Å². The molecule has 0 aliphatic carbocycles. The number of hydrogen-bond donors (Lipinski definition) is 1. The summed E-state index contributed by atoms with van der Waals surface area (Å²) in [5.74, 6) is 1.36. The molecule has 0 unspecified atom stereocenters. The summed E-state index contributed by atoms with van der Waals surface area (Å²) in [5.41, 5.74) is 7.48. The highest BCUT2D eigenvalue weighted by molar-refractivity contribution is 5.51. The Morgan fingerprint density at radius 3 is 2.83 bits per heavy atom. The molecule has 0 saturated carbocycles. The summed E-state index contributed by atoms with van der Waals surface area (Å²) in [6.45, 7) is 0.575. The summed E-state index contributed by atoms with van der Waals surface area (Å²) in [4.78, 5) is 0. The number of anilines is 1. The van der Waals surface area contributed by atoms with Gasteiger partial charge in [-0.1, -0.05) is 0 Å². The number of methoxy groups -OCH3 is 1. The van der Waals surface area contributed by atoms with Gasteiger partial charge in [0, 0.05) is 31.4 Å². The van der Waals surface area contributed by atoms with Crippen molar-refractivity contribution in [3.05, 3.63) is 36.2 Å². The fourth-order valence-electron chi connectivity index (χ4n) is 1.68. The lowest BCUT2D eigenvalue weighted by Gasteiger charge is -2.10. The fourth-order valence-corrected chi connectivity index (χ4v) is 1.68. The zero-order valence-electron chi connectivity index (χ0n) is 10.6. The first kappa shape index (κ1) is 12.3. The van der Waals surface area contributed by atoms with Gasteiger partial charge in [0.2, 0.25) is 0 Å². The number of nitrogens with two attached hydrogens (primary N) is 1. The number of aryl methyl sites for hydroxylation is 1. The van der Waals surface area contributed by atoms with Crippen LogP contribution in [0.1, 0.15) is 5.56 Å². The van der Waals surface area contributed by atoms with Gasteiger partial charge in [-0.25, -0.2) is 0 Å². The maximum atomic E-state index is 5.68. The van der Waals surface area contributed by atoms with Crippen molar-refractivity contribution in [2.75, 3.05) is 19.5 Å². The smallest absolute Gasteiger partial charge is 0.162 e. The first-order chi connectivity index (χ1) is 8.69. The fraction of sp³-hybridized carbons (Fsp3) is 0.308. The average Bonchev–Trinajstić information content (AvgIpc) is 2.77. The molecule has 96 valence electrons. The number of rotatable bonds is 5. The minimum Gasteiger partial charge on any atom is -0.493 e. The molecule has 1 aromatic heterocycles. The summed E-state index contributed by atoms with van der Waals surface area (Å²) in [7, 11) is 3.50. The van der Waals surface area contributed by atoms with Crippen molar-refractivity contribution in [1.82, 2.24) is 9.78 Å². The van der Waals surface area contributed by atoms with Gasteiger partial charge < -0.3 is 15.2 Å². The molecule has 0 fully saturated rings. The van der Waals surface area contributed by atoms with Crippen molar-refractivity contribution < 1.29 is 9.47 Å². The predicted octanol–water partition coefficient (Wildman–Crippen LogP) is 1.63. The second kappa shape index (κ2) is 5.44. The molecule has 0 aliphatic heterocycles. The monoisotopic (exact) mass is 247 g/mol. The molecule has 1 heterocycles. The van der Waals surface area contributed by atoms with E-state index in [1.54, 1.807) is 23.9 Å². The van der Waals surface area contributed by atoms with Crippen LogP contribution in [0.25, 0.3) is 0 Å². The summed E-state index contributed by atoms with van der Waals surface area (Å²) < 4.78 is 12.7. The van der Waals surface area contributed by atoms with Crippen LogP contribution in [0.5, 0.6) is 11.5 Å². The zero-order valence-corrected chi connectivity index (χ0v) is 10.6. The minimum absolute atomic E-state index is 0.575. The highest BCUT2D eigenvalue weighted by atomic mass is 16.5. The van der Waals surface area contributed by atoms with Crippen molar-refractivity contribution in [2.45, 2.75) is 6.42 Å².